The van der Waals surface area contributed by atoms with E-state index in [9.17, 15) is 9.90 Å². The molecule has 1 aromatic heterocycles. The molecule has 2 saturated heterocycles. The highest BCUT2D eigenvalue weighted by molar-refractivity contribution is 5.66. The number of ether oxygens (including phenoxy) is 3. The Morgan fingerprint density at radius 1 is 1.36 bits per heavy atom. The number of carboxylic acid groups (broad SMARTS) is 1. The Hall–Kier alpha value is -1.90. The smallest absolute Gasteiger partial charge is 0.408 e. The van der Waals surface area contributed by atoms with Crippen LogP contribution in [0, 0.1) is 17.8 Å². The van der Waals surface area contributed by atoms with E-state index in [-0.39, 0.29) is 41.7 Å². The lowest BCUT2D eigenvalue weighted by Gasteiger charge is -2.48. The van der Waals surface area contributed by atoms with Crippen molar-refractivity contribution in [2.45, 2.75) is 110 Å². The maximum Gasteiger partial charge on any atom is 0.408 e. The van der Waals surface area contributed by atoms with Crippen molar-refractivity contribution < 1.29 is 24.1 Å². The number of nitrogens with zero attached hydrogens (tertiary/aromatic N) is 3. The fourth-order valence-corrected chi connectivity index (χ4v) is 6.58. The molecule has 4 rings (SSSR count). The molecule has 7 atom stereocenters. The van der Waals surface area contributed by atoms with Gasteiger partial charge in [-0.05, 0) is 51.9 Å². The van der Waals surface area contributed by atoms with E-state index in [0.717, 1.165) is 25.1 Å². The van der Waals surface area contributed by atoms with Crippen molar-refractivity contribution in [3.63, 3.8) is 0 Å². The Kier molecular flexibility index (Phi) is 7.62. The van der Waals surface area contributed by atoms with Gasteiger partial charge < -0.3 is 23.9 Å². The Balaban J connectivity index is 1.66. The van der Waals surface area contributed by atoms with Gasteiger partial charge >= 0.3 is 6.09 Å². The summed E-state index contributed by atoms with van der Waals surface area (Å²) in [7, 11) is 1.70. The van der Waals surface area contributed by atoms with Crippen molar-refractivity contribution in [2.75, 3.05) is 13.7 Å². The van der Waals surface area contributed by atoms with Crippen LogP contribution in [0.4, 0.5) is 4.79 Å². The molecule has 1 unspecified atom stereocenters. The van der Waals surface area contributed by atoms with E-state index < -0.39 is 11.7 Å². The van der Waals surface area contributed by atoms with Crippen LogP contribution in [0.5, 0.6) is 0 Å². The fourth-order valence-electron chi connectivity index (χ4n) is 6.58. The lowest BCUT2D eigenvalue weighted by Crippen LogP contribution is -2.61. The summed E-state index contributed by atoms with van der Waals surface area (Å²) >= 11 is 0. The average molecular weight is 504 g/mol. The van der Waals surface area contributed by atoms with Crippen LogP contribution < -0.4 is 0 Å². The quantitative estimate of drug-likeness (QED) is 0.344. The summed E-state index contributed by atoms with van der Waals surface area (Å²) in [4.78, 5) is 19.2. The third-order valence-corrected chi connectivity index (χ3v) is 8.30. The molecule has 3 heterocycles. The van der Waals surface area contributed by atoms with Crippen LogP contribution in [0.1, 0.15) is 79.5 Å². The molecule has 1 aromatic rings. The van der Waals surface area contributed by atoms with Gasteiger partial charge in [-0.1, -0.05) is 39.3 Å². The number of methoxy groups -OCH3 is 1. The maximum absolute atomic E-state index is 12.9. The predicted molar refractivity (Wildman–Crippen MR) is 138 cm³/mol. The van der Waals surface area contributed by atoms with Gasteiger partial charge in [0.1, 0.15) is 5.60 Å². The molecule has 8 nitrogen and oxygen atoms in total. The average Bonchev–Trinajstić information content (AvgIpc) is 3.65. The van der Waals surface area contributed by atoms with Gasteiger partial charge in [0.25, 0.3) is 0 Å². The van der Waals surface area contributed by atoms with Crippen molar-refractivity contribution in [3.05, 3.63) is 29.9 Å². The second-order valence-electron chi connectivity index (χ2n) is 12.2. The van der Waals surface area contributed by atoms with E-state index in [1.165, 1.54) is 5.57 Å². The number of aromatic nitrogens is 2. The second kappa shape index (κ2) is 10.1. The summed E-state index contributed by atoms with van der Waals surface area (Å²) in [6.07, 6.45) is 7.18. The fraction of sp³-hybridized carbons (Fsp3) is 0.786. The number of hydrogen-bond acceptors (Lipinski definition) is 5. The first-order valence-corrected chi connectivity index (χ1v) is 13.4. The zero-order valence-electron chi connectivity index (χ0n) is 23.2. The van der Waals surface area contributed by atoms with Crippen molar-refractivity contribution >= 4 is 6.09 Å². The first kappa shape index (κ1) is 27.1. The third kappa shape index (κ3) is 5.09. The Bertz CT molecular complexity index is 964. The van der Waals surface area contributed by atoms with E-state index in [2.05, 4.69) is 64.1 Å². The van der Waals surface area contributed by atoms with E-state index in [4.69, 9.17) is 14.2 Å². The number of allylic oxidation sites excluding steroid dienone is 1. The minimum absolute atomic E-state index is 0.0440. The van der Waals surface area contributed by atoms with Crippen LogP contribution in [0.2, 0.25) is 0 Å². The van der Waals surface area contributed by atoms with E-state index in [1.807, 2.05) is 12.5 Å². The Morgan fingerprint density at radius 2 is 2.06 bits per heavy atom. The second-order valence-corrected chi connectivity index (χ2v) is 12.2. The molecule has 2 aliphatic heterocycles. The molecule has 1 amide bonds. The van der Waals surface area contributed by atoms with Gasteiger partial charge in [-0.2, -0.15) is 0 Å². The molecular weight excluding hydrogens is 458 g/mol. The molecule has 1 saturated carbocycles. The van der Waals surface area contributed by atoms with Crippen molar-refractivity contribution in [1.29, 1.82) is 0 Å². The first-order valence-electron chi connectivity index (χ1n) is 13.4. The van der Waals surface area contributed by atoms with E-state index in [1.54, 1.807) is 12.0 Å². The van der Waals surface area contributed by atoms with Crippen molar-refractivity contribution in [3.8, 4) is 0 Å². The number of hydrogen-bond donors (Lipinski definition) is 1. The monoisotopic (exact) mass is 503 g/mol. The first-order chi connectivity index (χ1) is 16.9. The minimum atomic E-state index is -0.937. The lowest BCUT2D eigenvalue weighted by atomic mass is 9.67. The molecule has 1 spiro atoms. The van der Waals surface area contributed by atoms with Crippen LogP contribution in [0.15, 0.2) is 24.2 Å². The van der Waals surface area contributed by atoms with Crippen LogP contribution in [-0.2, 0) is 20.8 Å². The molecule has 3 fully saturated rings. The molecular formula is C28H45N3O5. The molecule has 3 aliphatic rings. The van der Waals surface area contributed by atoms with Gasteiger partial charge in [0.05, 0.1) is 48.5 Å². The maximum atomic E-state index is 12.9. The van der Waals surface area contributed by atoms with Crippen molar-refractivity contribution in [1.82, 2.24) is 14.5 Å². The molecule has 8 heteroatoms. The normalized spacial score (nSPS) is 34.2. The van der Waals surface area contributed by atoms with E-state index >= 15 is 0 Å². The minimum Gasteiger partial charge on any atom is -0.465 e. The molecule has 36 heavy (non-hydrogen) atoms. The van der Waals surface area contributed by atoms with Gasteiger partial charge in [-0.15, -0.1) is 0 Å². The number of rotatable bonds is 10. The highest BCUT2D eigenvalue weighted by Gasteiger charge is 2.72. The molecule has 0 aromatic carbocycles. The zero-order chi connectivity index (χ0) is 26.4. The van der Waals surface area contributed by atoms with Gasteiger partial charge in [0.15, 0.2) is 0 Å². The van der Waals surface area contributed by atoms with Crippen LogP contribution in [-0.4, -0.2) is 68.8 Å². The molecule has 1 N–H and O–H groups in total. The summed E-state index contributed by atoms with van der Waals surface area (Å²) < 4.78 is 20.7. The number of amides is 1. The lowest BCUT2D eigenvalue weighted by molar-refractivity contribution is -0.102. The summed E-state index contributed by atoms with van der Waals surface area (Å²) in [6, 6.07) is -0.692. The molecule has 0 radical (unpaired) electrons. The topological polar surface area (TPSA) is 92.7 Å². The van der Waals surface area contributed by atoms with Gasteiger partial charge in [-0.3, -0.25) is 4.90 Å². The van der Waals surface area contributed by atoms with Gasteiger partial charge in [-0.25, -0.2) is 9.78 Å². The van der Waals surface area contributed by atoms with Gasteiger partial charge in [0, 0.05) is 25.8 Å². The van der Waals surface area contributed by atoms with E-state index in [0.29, 0.717) is 18.9 Å². The Labute approximate surface area is 216 Å². The molecule has 1 aliphatic carbocycles. The highest BCUT2D eigenvalue weighted by atomic mass is 16.6. The molecule has 202 valence electrons. The standard InChI is InChI=1S/C28H45N3O5/c1-17(2)9-10-22-27(7,36-22)25-24(34-8)21(11-12-28(25)15-35-28)31(26(32)33)23(19(5)6)20-14-30(16-29-20)13-18(3)4/h9,14,16,18-19,21-25H,10-13,15H2,1-8H3,(H,32,33)/t21-,22-,23?,24-,25-,27+,28+/m1/s1. The largest absolute Gasteiger partial charge is 0.465 e. The summed E-state index contributed by atoms with van der Waals surface area (Å²) in [5, 5.41) is 10.6. The number of imidazole rings is 1. The van der Waals surface area contributed by atoms with Crippen LogP contribution >= 0.6 is 0 Å². The summed E-state index contributed by atoms with van der Waals surface area (Å²) in [5.41, 5.74) is 1.36. The van der Waals surface area contributed by atoms with Crippen LogP contribution in [0.25, 0.3) is 0 Å². The zero-order valence-corrected chi connectivity index (χ0v) is 23.2. The summed E-state index contributed by atoms with van der Waals surface area (Å²) in [6.45, 7) is 16.3. The van der Waals surface area contributed by atoms with Crippen molar-refractivity contribution in [2.24, 2.45) is 17.8 Å². The van der Waals surface area contributed by atoms with Gasteiger partial charge in [0.2, 0.25) is 0 Å². The third-order valence-electron chi connectivity index (χ3n) is 8.30. The number of epoxide rings is 2. The summed E-state index contributed by atoms with van der Waals surface area (Å²) in [5.74, 6) is 0.480. The predicted octanol–water partition coefficient (Wildman–Crippen LogP) is 5.29. The Morgan fingerprint density at radius 3 is 2.58 bits per heavy atom. The number of carbonyl (C=O) groups is 1. The highest BCUT2D eigenvalue weighted by Crippen LogP contribution is 2.60. The SMILES string of the molecule is CO[C@@H]1[C@H](N(C(=O)O)C(c2cn(CC(C)C)cn2)C(C)C)CC[C@]2(CO2)[C@H]1[C@@]1(C)O[C@@H]1CC=C(C)C. The molecule has 0 bridgehead atoms. The van der Waals surface area contributed by atoms with Crippen LogP contribution in [0.3, 0.4) is 0 Å².